The van der Waals surface area contributed by atoms with Crippen molar-refractivity contribution in [2.24, 2.45) is 0 Å². The number of hydrogen-bond donors (Lipinski definition) is 1. The molecule has 1 N–H and O–H groups in total. The Balaban J connectivity index is 1.47. The molecule has 1 atom stereocenters. The van der Waals surface area contributed by atoms with Crippen LogP contribution in [0, 0.1) is 13.8 Å². The smallest absolute Gasteiger partial charge is 0.261 e. The van der Waals surface area contributed by atoms with Gasteiger partial charge in [0.05, 0.1) is 11.6 Å². The van der Waals surface area contributed by atoms with Gasteiger partial charge in [0.2, 0.25) is 0 Å². The highest BCUT2D eigenvalue weighted by Gasteiger charge is 2.30. The molecular weight excluding hydrogens is 484 g/mol. The van der Waals surface area contributed by atoms with Gasteiger partial charge in [-0.2, -0.15) is 0 Å². The minimum Gasteiger partial charge on any atom is -0.385 e. The highest BCUT2D eigenvalue weighted by atomic mass is 32.1. The van der Waals surface area contributed by atoms with Crippen molar-refractivity contribution >= 4 is 33.8 Å². The van der Waals surface area contributed by atoms with Gasteiger partial charge in [-0.25, -0.2) is 4.98 Å². The molecule has 9 heteroatoms. The summed E-state index contributed by atoms with van der Waals surface area (Å²) in [4.78, 5) is 25.3. The van der Waals surface area contributed by atoms with Crippen molar-refractivity contribution in [1.82, 2.24) is 25.5 Å². The van der Waals surface area contributed by atoms with Gasteiger partial charge in [0, 0.05) is 44.5 Å². The summed E-state index contributed by atoms with van der Waals surface area (Å²) < 4.78 is 5.12. The third kappa shape index (κ3) is 5.53. The van der Waals surface area contributed by atoms with Crippen LogP contribution in [0.25, 0.3) is 21.5 Å². The summed E-state index contributed by atoms with van der Waals surface area (Å²) in [7, 11) is 1.70. The number of nitrogens with one attached hydrogen (secondary N) is 1. The summed E-state index contributed by atoms with van der Waals surface area (Å²) in [6.45, 7) is 6.57. The van der Waals surface area contributed by atoms with Crippen molar-refractivity contribution in [3.05, 3.63) is 64.4 Å². The number of methoxy groups -OCH3 is 1. The second-order valence-electron chi connectivity index (χ2n) is 9.52. The average molecular weight is 517 g/mol. The van der Waals surface area contributed by atoms with E-state index in [1.807, 2.05) is 23.1 Å². The molecule has 4 heterocycles. The molecule has 1 fully saturated rings. The number of hydrogen-bond acceptors (Lipinski definition) is 8. The molecule has 0 bridgehead atoms. The highest BCUT2D eigenvalue weighted by molar-refractivity contribution is 7.14. The second kappa shape index (κ2) is 11.4. The Kier molecular flexibility index (Phi) is 7.83. The van der Waals surface area contributed by atoms with Gasteiger partial charge in [0.15, 0.2) is 5.01 Å². The Labute approximate surface area is 221 Å². The van der Waals surface area contributed by atoms with Gasteiger partial charge in [-0.15, -0.1) is 10.2 Å². The zero-order valence-corrected chi connectivity index (χ0v) is 22.3. The molecule has 1 saturated heterocycles. The number of fused-ring (bicyclic) bond motifs is 1. The molecule has 8 nitrogen and oxygen atoms in total. The lowest BCUT2D eigenvalue weighted by Gasteiger charge is -2.35. The lowest BCUT2D eigenvalue weighted by atomic mass is 10.00. The fraction of sp³-hybridized carbons (Fsp3) is 0.393. The molecule has 0 saturated carbocycles. The molecule has 192 valence electrons. The van der Waals surface area contributed by atoms with Crippen LogP contribution in [0.5, 0.6) is 0 Å². The fourth-order valence-electron chi connectivity index (χ4n) is 4.97. The summed E-state index contributed by atoms with van der Waals surface area (Å²) in [5, 5.41) is 15.9. The summed E-state index contributed by atoms with van der Waals surface area (Å²) in [5.41, 5.74) is 3.55. The van der Waals surface area contributed by atoms with Gasteiger partial charge in [-0.1, -0.05) is 29.0 Å². The lowest BCUT2D eigenvalue weighted by molar-refractivity contribution is 0.0971. The number of amides is 1. The van der Waals surface area contributed by atoms with Gasteiger partial charge >= 0.3 is 0 Å². The number of nitrogens with zero attached hydrogens (tertiary/aromatic N) is 5. The van der Waals surface area contributed by atoms with Crippen molar-refractivity contribution in [3.8, 4) is 10.7 Å². The maximum absolute atomic E-state index is 14.0. The average Bonchev–Trinajstić information content (AvgIpc) is 3.38. The minimum atomic E-state index is -0.0924. The monoisotopic (exact) mass is 516 g/mol. The molecule has 0 aliphatic carbocycles. The first-order valence-electron chi connectivity index (χ1n) is 12.7. The Hall–Kier alpha value is -3.27. The molecule has 1 aliphatic heterocycles. The number of carbonyl (C=O) groups excluding carboxylic acids is 1. The summed E-state index contributed by atoms with van der Waals surface area (Å²) in [5.74, 6) is 0.618. The standard InChI is InChI=1S/C28H32N6O2S/c1-18-14-19(2)25-20(15-18)10-12-30-26(25)34(22-6-4-11-29-17-22)28(35)21-8-9-23(31-16-21)27-33-32-24(37-27)7-5-13-36-3/h8-10,12,14-16,22,29H,4-7,11,13,17H2,1-3H3/t22-/m1/s1. The molecule has 0 unspecified atom stereocenters. The molecular formula is C28H32N6O2S. The zero-order valence-electron chi connectivity index (χ0n) is 21.5. The maximum atomic E-state index is 14.0. The first kappa shape index (κ1) is 25.4. The second-order valence-corrected chi connectivity index (χ2v) is 10.6. The van der Waals surface area contributed by atoms with E-state index in [4.69, 9.17) is 9.72 Å². The highest BCUT2D eigenvalue weighted by Crippen LogP contribution is 2.32. The van der Waals surface area contributed by atoms with E-state index in [1.54, 1.807) is 19.5 Å². The molecule has 4 aromatic rings. The molecule has 5 rings (SSSR count). The molecule has 3 aromatic heterocycles. The van der Waals surface area contributed by atoms with E-state index in [0.29, 0.717) is 23.7 Å². The van der Waals surface area contributed by atoms with Crippen LogP contribution >= 0.6 is 11.3 Å². The molecule has 0 spiro atoms. The molecule has 1 amide bonds. The molecule has 1 aromatic carbocycles. The van der Waals surface area contributed by atoms with Crippen LogP contribution in [0.4, 0.5) is 5.82 Å². The fourth-order valence-corrected chi connectivity index (χ4v) is 5.83. The van der Waals surface area contributed by atoms with E-state index in [-0.39, 0.29) is 11.9 Å². The Morgan fingerprint density at radius 1 is 1.19 bits per heavy atom. The van der Waals surface area contributed by atoms with Crippen LogP contribution in [0.3, 0.4) is 0 Å². The SMILES string of the molecule is COCCCc1nnc(-c2ccc(C(=O)N(c3nccc4cc(C)cc(C)c34)[C@@H]3CCCNC3)cn2)s1. The van der Waals surface area contributed by atoms with Crippen LogP contribution in [-0.4, -0.2) is 58.9 Å². The molecule has 37 heavy (non-hydrogen) atoms. The minimum absolute atomic E-state index is 0.0116. The number of ether oxygens (including phenoxy) is 1. The lowest BCUT2D eigenvalue weighted by Crippen LogP contribution is -2.49. The Morgan fingerprint density at radius 2 is 2.08 bits per heavy atom. The Bertz CT molecular complexity index is 1380. The van der Waals surface area contributed by atoms with Crippen LogP contribution in [-0.2, 0) is 11.2 Å². The van der Waals surface area contributed by atoms with E-state index in [1.165, 1.54) is 16.9 Å². The zero-order chi connectivity index (χ0) is 25.8. The predicted molar refractivity (Wildman–Crippen MR) is 147 cm³/mol. The number of rotatable bonds is 8. The Morgan fingerprint density at radius 3 is 2.84 bits per heavy atom. The number of aryl methyl sites for hydroxylation is 3. The van der Waals surface area contributed by atoms with Crippen LogP contribution in [0.1, 0.15) is 45.8 Å². The third-order valence-electron chi connectivity index (χ3n) is 6.70. The normalized spacial score (nSPS) is 15.7. The number of piperidine rings is 1. The van der Waals surface area contributed by atoms with Crippen molar-refractivity contribution < 1.29 is 9.53 Å². The van der Waals surface area contributed by atoms with Crippen LogP contribution in [0.15, 0.2) is 42.7 Å². The van der Waals surface area contributed by atoms with Gasteiger partial charge in [-0.05, 0) is 68.8 Å². The maximum Gasteiger partial charge on any atom is 0.261 e. The number of pyridine rings is 2. The number of carbonyl (C=O) groups is 1. The first-order valence-corrected chi connectivity index (χ1v) is 13.5. The largest absolute Gasteiger partial charge is 0.385 e. The van der Waals surface area contributed by atoms with E-state index in [9.17, 15) is 4.79 Å². The van der Waals surface area contributed by atoms with Crippen LogP contribution in [0.2, 0.25) is 0 Å². The van der Waals surface area contributed by atoms with Crippen molar-refractivity contribution in [2.45, 2.75) is 45.6 Å². The van der Waals surface area contributed by atoms with Gasteiger partial charge < -0.3 is 10.1 Å². The van der Waals surface area contributed by atoms with Crippen LogP contribution < -0.4 is 10.2 Å². The van der Waals surface area contributed by atoms with Crippen molar-refractivity contribution in [3.63, 3.8) is 0 Å². The summed E-state index contributed by atoms with van der Waals surface area (Å²) in [6.07, 6.45) is 7.10. The van der Waals surface area contributed by atoms with E-state index < -0.39 is 0 Å². The number of aromatic nitrogens is 4. The van der Waals surface area contributed by atoms with E-state index in [2.05, 4.69) is 46.5 Å². The number of benzene rings is 1. The third-order valence-corrected chi connectivity index (χ3v) is 7.71. The van der Waals surface area contributed by atoms with Crippen molar-refractivity contribution in [2.75, 3.05) is 31.7 Å². The quantitative estimate of drug-likeness (QED) is 0.338. The molecule has 1 aliphatic rings. The van der Waals surface area contributed by atoms with Crippen molar-refractivity contribution in [1.29, 1.82) is 0 Å². The summed E-state index contributed by atoms with van der Waals surface area (Å²) in [6, 6.07) is 10.0. The van der Waals surface area contributed by atoms with E-state index in [0.717, 1.165) is 65.1 Å². The predicted octanol–water partition coefficient (Wildman–Crippen LogP) is 4.74. The van der Waals surface area contributed by atoms with E-state index >= 15 is 0 Å². The topological polar surface area (TPSA) is 93.1 Å². The van der Waals surface area contributed by atoms with Gasteiger partial charge in [0.1, 0.15) is 16.5 Å². The molecule has 0 radical (unpaired) electrons. The summed E-state index contributed by atoms with van der Waals surface area (Å²) >= 11 is 1.53. The van der Waals surface area contributed by atoms with Gasteiger partial charge in [0.25, 0.3) is 5.91 Å². The van der Waals surface area contributed by atoms with Gasteiger partial charge in [-0.3, -0.25) is 14.7 Å². The first-order chi connectivity index (χ1) is 18.0. The number of anilines is 1.